The molecule has 1 aromatic carbocycles. The minimum absolute atomic E-state index is 0. The monoisotopic (exact) mass is 309 g/mol. The van der Waals surface area contributed by atoms with Crippen LogP contribution in [0, 0.1) is 17.8 Å². The van der Waals surface area contributed by atoms with Gasteiger partial charge >= 0.3 is 0 Å². The molecule has 0 aliphatic carbocycles. The first-order valence-corrected chi connectivity index (χ1v) is 7.50. The highest BCUT2D eigenvalue weighted by atomic mass is 35.5. The summed E-state index contributed by atoms with van der Waals surface area (Å²) < 4.78 is 0. The first kappa shape index (κ1) is 20.0. The molecule has 1 atom stereocenters. The topological polar surface area (TPSA) is 23.5 Å². The largest absolute Gasteiger partial charge is 0.384 e. The van der Waals surface area contributed by atoms with E-state index in [-0.39, 0.29) is 18.3 Å². The number of aliphatic hydroxyl groups is 1. The molecule has 21 heavy (non-hydrogen) atoms. The van der Waals surface area contributed by atoms with Gasteiger partial charge in [0.1, 0.15) is 5.60 Å². The third-order valence-corrected chi connectivity index (χ3v) is 3.91. The predicted octanol–water partition coefficient (Wildman–Crippen LogP) is 3.69. The van der Waals surface area contributed by atoms with Crippen LogP contribution in [0.4, 0.5) is 0 Å². The Balaban J connectivity index is 0.00000400. The van der Waals surface area contributed by atoms with Crippen LogP contribution in [0.15, 0.2) is 30.3 Å². The van der Waals surface area contributed by atoms with E-state index < -0.39 is 5.60 Å². The number of halogens is 1. The fourth-order valence-corrected chi connectivity index (χ4v) is 2.18. The average Bonchev–Trinajstić information content (AvgIpc) is 2.48. The molecule has 0 fully saturated rings. The summed E-state index contributed by atoms with van der Waals surface area (Å²) in [6.07, 6.45) is 0.482. The molecule has 0 aliphatic rings. The molecular formula is C18H28ClNO. The fraction of sp³-hybridized carbons (Fsp3) is 0.556. The Bertz CT molecular complexity index is 445. The average molecular weight is 310 g/mol. The first-order valence-electron chi connectivity index (χ1n) is 7.50. The summed E-state index contributed by atoms with van der Waals surface area (Å²) in [5.74, 6) is 6.48. The summed E-state index contributed by atoms with van der Waals surface area (Å²) in [6.45, 7) is 11.2. The molecule has 0 heterocycles. The standard InChI is InChI=1S/C18H27NO.ClH/c1-5-19(6-2)15-11-10-14-18(20,16(3)4)17-12-8-7-9-13-17;/h7-9,12-13,16,20H,5-6,14-15H2,1-4H3;1H. The van der Waals surface area contributed by atoms with Gasteiger partial charge in [0.15, 0.2) is 0 Å². The van der Waals surface area contributed by atoms with Gasteiger partial charge in [-0.05, 0) is 24.6 Å². The van der Waals surface area contributed by atoms with E-state index in [0.717, 1.165) is 25.2 Å². The minimum atomic E-state index is -0.864. The molecule has 1 rings (SSSR count). The van der Waals surface area contributed by atoms with Gasteiger partial charge in [0.2, 0.25) is 0 Å². The van der Waals surface area contributed by atoms with Crippen molar-refractivity contribution in [2.75, 3.05) is 19.6 Å². The molecular weight excluding hydrogens is 282 g/mol. The van der Waals surface area contributed by atoms with Crippen molar-refractivity contribution in [2.45, 2.75) is 39.7 Å². The van der Waals surface area contributed by atoms with Crippen LogP contribution in [0.1, 0.15) is 39.7 Å². The Labute approximate surface area is 136 Å². The van der Waals surface area contributed by atoms with Gasteiger partial charge in [-0.15, -0.1) is 12.4 Å². The third kappa shape index (κ3) is 5.71. The van der Waals surface area contributed by atoms with Crippen LogP contribution in [-0.4, -0.2) is 29.6 Å². The smallest absolute Gasteiger partial charge is 0.103 e. The van der Waals surface area contributed by atoms with Crippen LogP contribution >= 0.6 is 12.4 Å². The van der Waals surface area contributed by atoms with Gasteiger partial charge < -0.3 is 5.11 Å². The van der Waals surface area contributed by atoms with Gasteiger partial charge in [0.05, 0.1) is 6.54 Å². The Morgan fingerprint density at radius 3 is 2.14 bits per heavy atom. The lowest BCUT2D eigenvalue weighted by molar-refractivity contribution is -0.00533. The maximum Gasteiger partial charge on any atom is 0.103 e. The van der Waals surface area contributed by atoms with E-state index in [1.807, 2.05) is 44.2 Å². The lowest BCUT2D eigenvalue weighted by Gasteiger charge is -2.31. The molecule has 118 valence electrons. The van der Waals surface area contributed by atoms with Crippen LogP contribution < -0.4 is 0 Å². The van der Waals surface area contributed by atoms with Gasteiger partial charge in [-0.3, -0.25) is 4.90 Å². The van der Waals surface area contributed by atoms with E-state index in [0.29, 0.717) is 6.42 Å². The van der Waals surface area contributed by atoms with Gasteiger partial charge in [0.25, 0.3) is 0 Å². The quantitative estimate of drug-likeness (QED) is 0.810. The SMILES string of the molecule is CCN(CC)CC#CCC(O)(c1ccccc1)C(C)C.Cl. The summed E-state index contributed by atoms with van der Waals surface area (Å²) in [5, 5.41) is 10.9. The normalized spacial score (nSPS) is 13.3. The molecule has 0 saturated carbocycles. The molecule has 0 amide bonds. The maximum atomic E-state index is 10.9. The summed E-state index contributed by atoms with van der Waals surface area (Å²) in [6, 6.07) is 9.85. The Kier molecular flexibility index (Phi) is 9.37. The van der Waals surface area contributed by atoms with Crippen LogP contribution in [-0.2, 0) is 5.60 Å². The van der Waals surface area contributed by atoms with Crippen LogP contribution in [0.5, 0.6) is 0 Å². The Morgan fingerprint density at radius 1 is 1.10 bits per heavy atom. The lowest BCUT2D eigenvalue weighted by atomic mass is 9.81. The van der Waals surface area contributed by atoms with Gasteiger partial charge in [0, 0.05) is 6.42 Å². The highest BCUT2D eigenvalue weighted by Crippen LogP contribution is 2.32. The fourth-order valence-electron chi connectivity index (χ4n) is 2.18. The van der Waals surface area contributed by atoms with E-state index in [1.165, 1.54) is 0 Å². The molecule has 2 nitrogen and oxygen atoms in total. The number of benzene rings is 1. The molecule has 3 heteroatoms. The lowest BCUT2D eigenvalue weighted by Crippen LogP contribution is -2.31. The Morgan fingerprint density at radius 2 is 1.67 bits per heavy atom. The van der Waals surface area contributed by atoms with Crippen molar-refractivity contribution in [1.82, 2.24) is 4.90 Å². The third-order valence-electron chi connectivity index (χ3n) is 3.91. The first-order chi connectivity index (χ1) is 9.54. The molecule has 1 aromatic rings. The van der Waals surface area contributed by atoms with Crippen molar-refractivity contribution in [3.05, 3.63) is 35.9 Å². The zero-order valence-corrected chi connectivity index (χ0v) is 14.4. The molecule has 0 spiro atoms. The van der Waals surface area contributed by atoms with E-state index in [9.17, 15) is 5.11 Å². The van der Waals surface area contributed by atoms with E-state index in [2.05, 4.69) is 30.6 Å². The molecule has 0 aromatic heterocycles. The van der Waals surface area contributed by atoms with Crippen molar-refractivity contribution in [1.29, 1.82) is 0 Å². The van der Waals surface area contributed by atoms with E-state index in [1.54, 1.807) is 0 Å². The second-order valence-corrected chi connectivity index (χ2v) is 5.44. The molecule has 0 aliphatic heterocycles. The number of nitrogens with zero attached hydrogens (tertiary/aromatic N) is 1. The zero-order valence-electron chi connectivity index (χ0n) is 13.6. The second-order valence-electron chi connectivity index (χ2n) is 5.44. The summed E-state index contributed by atoms with van der Waals surface area (Å²) >= 11 is 0. The van der Waals surface area contributed by atoms with Crippen molar-refractivity contribution < 1.29 is 5.11 Å². The second kappa shape index (κ2) is 9.84. The summed E-state index contributed by atoms with van der Waals surface area (Å²) in [5.41, 5.74) is 0.0875. The summed E-state index contributed by atoms with van der Waals surface area (Å²) in [4.78, 5) is 2.27. The molecule has 0 saturated heterocycles. The van der Waals surface area contributed by atoms with Crippen molar-refractivity contribution in [2.24, 2.45) is 5.92 Å². The Hall–Kier alpha value is -1.01. The molecule has 0 bridgehead atoms. The van der Waals surface area contributed by atoms with Gasteiger partial charge in [-0.1, -0.05) is 69.9 Å². The highest BCUT2D eigenvalue weighted by Gasteiger charge is 2.31. The van der Waals surface area contributed by atoms with E-state index in [4.69, 9.17) is 0 Å². The molecule has 0 radical (unpaired) electrons. The minimum Gasteiger partial charge on any atom is -0.384 e. The number of hydrogen-bond acceptors (Lipinski definition) is 2. The predicted molar refractivity (Wildman–Crippen MR) is 92.6 cm³/mol. The van der Waals surface area contributed by atoms with E-state index >= 15 is 0 Å². The molecule has 1 N–H and O–H groups in total. The van der Waals surface area contributed by atoms with Crippen LogP contribution in [0.2, 0.25) is 0 Å². The van der Waals surface area contributed by atoms with Crippen LogP contribution in [0.25, 0.3) is 0 Å². The maximum absolute atomic E-state index is 10.9. The van der Waals surface area contributed by atoms with Crippen molar-refractivity contribution >= 4 is 12.4 Å². The molecule has 1 unspecified atom stereocenters. The van der Waals surface area contributed by atoms with Crippen molar-refractivity contribution in [3.63, 3.8) is 0 Å². The van der Waals surface area contributed by atoms with Crippen LogP contribution in [0.3, 0.4) is 0 Å². The van der Waals surface area contributed by atoms with Crippen molar-refractivity contribution in [3.8, 4) is 11.8 Å². The number of rotatable bonds is 6. The van der Waals surface area contributed by atoms with Gasteiger partial charge in [-0.25, -0.2) is 0 Å². The highest BCUT2D eigenvalue weighted by molar-refractivity contribution is 5.85. The van der Waals surface area contributed by atoms with Gasteiger partial charge in [-0.2, -0.15) is 0 Å². The number of hydrogen-bond donors (Lipinski definition) is 1. The zero-order chi connectivity index (χ0) is 15.0. The summed E-state index contributed by atoms with van der Waals surface area (Å²) in [7, 11) is 0.